The van der Waals surface area contributed by atoms with E-state index < -0.39 is 0 Å². The van der Waals surface area contributed by atoms with Crippen LogP contribution in [0.1, 0.15) is 24.8 Å². The molecular formula is C13H18N2O2. The van der Waals surface area contributed by atoms with Crippen molar-refractivity contribution in [2.45, 2.75) is 31.9 Å². The maximum atomic E-state index is 11.9. The standard InChI is InChI=1S/C13H18N2O2/c16-9-10-4-6-11(7-5-10)15-13(17)12-3-1-2-8-14-12/h4-7,12,14,16H,1-3,8-9H2,(H,15,17). The summed E-state index contributed by atoms with van der Waals surface area (Å²) < 4.78 is 0. The topological polar surface area (TPSA) is 61.4 Å². The van der Waals surface area contributed by atoms with Gasteiger partial charge in [0.1, 0.15) is 0 Å². The number of hydrogen-bond acceptors (Lipinski definition) is 3. The summed E-state index contributed by atoms with van der Waals surface area (Å²) in [4.78, 5) is 11.9. The van der Waals surface area contributed by atoms with E-state index in [-0.39, 0.29) is 18.6 Å². The quantitative estimate of drug-likeness (QED) is 0.738. The molecule has 1 unspecified atom stereocenters. The summed E-state index contributed by atoms with van der Waals surface area (Å²) in [7, 11) is 0. The highest BCUT2D eigenvalue weighted by Gasteiger charge is 2.20. The fraction of sp³-hybridized carbons (Fsp3) is 0.462. The van der Waals surface area contributed by atoms with Crippen molar-refractivity contribution in [1.82, 2.24) is 5.32 Å². The molecule has 1 fully saturated rings. The zero-order valence-corrected chi connectivity index (χ0v) is 9.78. The van der Waals surface area contributed by atoms with Crippen LogP contribution in [0.15, 0.2) is 24.3 Å². The monoisotopic (exact) mass is 234 g/mol. The normalized spacial score (nSPS) is 19.9. The molecule has 0 aliphatic carbocycles. The van der Waals surface area contributed by atoms with Crippen LogP contribution in [-0.2, 0) is 11.4 Å². The first-order valence-corrected chi connectivity index (χ1v) is 6.03. The van der Waals surface area contributed by atoms with Crippen LogP contribution in [0.3, 0.4) is 0 Å². The largest absolute Gasteiger partial charge is 0.392 e. The number of benzene rings is 1. The van der Waals surface area contributed by atoms with Crippen molar-refractivity contribution in [2.75, 3.05) is 11.9 Å². The van der Waals surface area contributed by atoms with Gasteiger partial charge in [-0.3, -0.25) is 4.79 Å². The van der Waals surface area contributed by atoms with Crippen LogP contribution >= 0.6 is 0 Å². The minimum atomic E-state index is -0.0683. The van der Waals surface area contributed by atoms with E-state index in [2.05, 4.69) is 10.6 Å². The molecule has 0 saturated carbocycles. The van der Waals surface area contributed by atoms with E-state index in [9.17, 15) is 4.79 Å². The number of hydrogen-bond donors (Lipinski definition) is 3. The van der Waals surface area contributed by atoms with E-state index in [0.717, 1.165) is 37.1 Å². The molecule has 92 valence electrons. The Bertz CT molecular complexity index is 370. The maximum Gasteiger partial charge on any atom is 0.241 e. The van der Waals surface area contributed by atoms with E-state index in [1.54, 1.807) is 0 Å². The van der Waals surface area contributed by atoms with Gasteiger partial charge in [-0.25, -0.2) is 0 Å². The summed E-state index contributed by atoms with van der Waals surface area (Å²) in [5, 5.41) is 15.0. The van der Waals surface area contributed by atoms with Crippen molar-refractivity contribution < 1.29 is 9.90 Å². The molecule has 17 heavy (non-hydrogen) atoms. The van der Waals surface area contributed by atoms with Gasteiger partial charge in [0.25, 0.3) is 0 Å². The summed E-state index contributed by atoms with van der Waals surface area (Å²) in [5.41, 5.74) is 1.62. The Kier molecular flexibility index (Phi) is 4.12. The Morgan fingerprint density at radius 1 is 1.35 bits per heavy atom. The highest BCUT2D eigenvalue weighted by atomic mass is 16.3. The first-order chi connectivity index (χ1) is 8.29. The molecule has 1 heterocycles. The first kappa shape index (κ1) is 12.1. The van der Waals surface area contributed by atoms with Gasteiger partial charge in [-0.15, -0.1) is 0 Å². The second-order valence-corrected chi connectivity index (χ2v) is 4.35. The number of amides is 1. The molecule has 1 amide bonds. The lowest BCUT2D eigenvalue weighted by Crippen LogP contribution is -2.43. The molecule has 0 aromatic heterocycles. The number of piperidine rings is 1. The minimum Gasteiger partial charge on any atom is -0.392 e. The molecule has 1 saturated heterocycles. The average molecular weight is 234 g/mol. The number of carbonyl (C=O) groups excluding carboxylic acids is 1. The summed E-state index contributed by atoms with van der Waals surface area (Å²) in [6.45, 7) is 0.944. The molecule has 3 N–H and O–H groups in total. The fourth-order valence-corrected chi connectivity index (χ4v) is 2.00. The van der Waals surface area contributed by atoms with Crippen LogP contribution in [0.4, 0.5) is 5.69 Å². The molecule has 1 aliphatic rings. The number of aliphatic hydroxyl groups is 1. The van der Waals surface area contributed by atoms with Gasteiger partial charge >= 0.3 is 0 Å². The van der Waals surface area contributed by atoms with E-state index in [0.29, 0.717) is 0 Å². The third kappa shape index (κ3) is 3.28. The molecule has 0 radical (unpaired) electrons. The lowest BCUT2D eigenvalue weighted by atomic mass is 10.0. The zero-order chi connectivity index (χ0) is 12.1. The summed E-state index contributed by atoms with van der Waals surface area (Å²) in [6, 6.07) is 7.17. The number of aliphatic hydroxyl groups excluding tert-OH is 1. The number of nitrogens with one attached hydrogen (secondary N) is 2. The minimum absolute atomic E-state index is 0.0262. The van der Waals surface area contributed by atoms with E-state index in [4.69, 9.17) is 5.11 Å². The molecule has 1 aliphatic heterocycles. The maximum absolute atomic E-state index is 11.9. The number of anilines is 1. The van der Waals surface area contributed by atoms with Gasteiger partial charge in [0.2, 0.25) is 5.91 Å². The Morgan fingerprint density at radius 3 is 2.71 bits per heavy atom. The van der Waals surface area contributed by atoms with Crippen molar-refractivity contribution in [3.8, 4) is 0 Å². The van der Waals surface area contributed by atoms with Gasteiger partial charge in [0.05, 0.1) is 12.6 Å². The lowest BCUT2D eigenvalue weighted by molar-refractivity contribution is -0.118. The number of carbonyl (C=O) groups is 1. The first-order valence-electron chi connectivity index (χ1n) is 6.03. The van der Waals surface area contributed by atoms with Gasteiger partial charge in [-0.2, -0.15) is 0 Å². The Labute approximate surface area is 101 Å². The van der Waals surface area contributed by atoms with Gasteiger partial charge < -0.3 is 15.7 Å². The van der Waals surface area contributed by atoms with Crippen LogP contribution in [0.5, 0.6) is 0 Å². The van der Waals surface area contributed by atoms with Crippen LogP contribution in [0.2, 0.25) is 0 Å². The molecule has 1 aromatic rings. The van der Waals surface area contributed by atoms with Gasteiger partial charge in [-0.05, 0) is 37.1 Å². The van der Waals surface area contributed by atoms with E-state index in [1.165, 1.54) is 0 Å². The van der Waals surface area contributed by atoms with Crippen LogP contribution in [0.25, 0.3) is 0 Å². The van der Waals surface area contributed by atoms with Gasteiger partial charge in [0, 0.05) is 5.69 Å². The Morgan fingerprint density at radius 2 is 2.12 bits per heavy atom. The Balaban J connectivity index is 1.92. The van der Waals surface area contributed by atoms with E-state index in [1.807, 2.05) is 24.3 Å². The molecule has 0 bridgehead atoms. The second-order valence-electron chi connectivity index (χ2n) is 4.35. The van der Waals surface area contributed by atoms with Crippen LogP contribution in [0, 0.1) is 0 Å². The molecule has 0 spiro atoms. The third-order valence-corrected chi connectivity index (χ3v) is 3.03. The molecular weight excluding hydrogens is 216 g/mol. The lowest BCUT2D eigenvalue weighted by Gasteiger charge is -2.22. The van der Waals surface area contributed by atoms with Crippen molar-refractivity contribution in [2.24, 2.45) is 0 Å². The molecule has 2 rings (SSSR count). The highest BCUT2D eigenvalue weighted by molar-refractivity contribution is 5.94. The van der Waals surface area contributed by atoms with Crippen LogP contribution < -0.4 is 10.6 Å². The highest BCUT2D eigenvalue weighted by Crippen LogP contribution is 2.12. The Hall–Kier alpha value is -1.39. The van der Waals surface area contributed by atoms with Gasteiger partial charge in [-0.1, -0.05) is 18.6 Å². The predicted octanol–water partition coefficient (Wildman–Crippen LogP) is 1.26. The van der Waals surface area contributed by atoms with Gasteiger partial charge in [0.15, 0.2) is 0 Å². The SMILES string of the molecule is O=C(Nc1ccc(CO)cc1)C1CCCCN1. The van der Waals surface area contributed by atoms with Crippen LogP contribution in [-0.4, -0.2) is 23.6 Å². The summed E-state index contributed by atoms with van der Waals surface area (Å²) in [5.74, 6) is 0.0291. The molecule has 4 heteroatoms. The predicted molar refractivity (Wildman–Crippen MR) is 66.6 cm³/mol. The van der Waals surface area contributed by atoms with Crippen molar-refractivity contribution >= 4 is 11.6 Å². The van der Waals surface area contributed by atoms with Crippen molar-refractivity contribution in [3.63, 3.8) is 0 Å². The van der Waals surface area contributed by atoms with Crippen molar-refractivity contribution in [1.29, 1.82) is 0 Å². The third-order valence-electron chi connectivity index (χ3n) is 3.03. The molecule has 1 aromatic carbocycles. The summed E-state index contributed by atoms with van der Waals surface area (Å²) >= 11 is 0. The second kappa shape index (κ2) is 5.80. The smallest absolute Gasteiger partial charge is 0.241 e. The molecule has 1 atom stereocenters. The van der Waals surface area contributed by atoms with Crippen molar-refractivity contribution in [3.05, 3.63) is 29.8 Å². The van der Waals surface area contributed by atoms with E-state index >= 15 is 0 Å². The number of rotatable bonds is 3. The average Bonchev–Trinajstić information content (AvgIpc) is 2.40. The molecule has 4 nitrogen and oxygen atoms in total. The summed E-state index contributed by atoms with van der Waals surface area (Å²) in [6.07, 6.45) is 3.16. The fourth-order valence-electron chi connectivity index (χ4n) is 2.00. The zero-order valence-electron chi connectivity index (χ0n) is 9.78.